The predicted octanol–water partition coefficient (Wildman–Crippen LogP) is 6.78. The molecule has 0 spiro atoms. The molecule has 1 amide bonds. The summed E-state index contributed by atoms with van der Waals surface area (Å²) in [4.78, 5) is 13.8. The zero-order chi connectivity index (χ0) is 26.0. The summed E-state index contributed by atoms with van der Waals surface area (Å²) in [5, 5.41) is 9.13. The number of alkyl halides is 6. The van der Waals surface area contributed by atoms with E-state index in [-0.39, 0.29) is 11.3 Å². The second kappa shape index (κ2) is 10.0. The van der Waals surface area contributed by atoms with Gasteiger partial charge in [-0.1, -0.05) is 6.07 Å². The Morgan fingerprint density at radius 1 is 1.00 bits per heavy atom. The highest BCUT2D eigenvalue weighted by molar-refractivity contribution is 7.98. The fourth-order valence-electron chi connectivity index (χ4n) is 3.04. The Morgan fingerprint density at radius 2 is 1.71 bits per heavy atom. The number of halogens is 6. The van der Waals surface area contributed by atoms with Crippen LogP contribution in [0.3, 0.4) is 0 Å². The average Bonchev–Trinajstić information content (AvgIpc) is 2.73. The highest BCUT2D eigenvalue weighted by Crippen LogP contribution is 2.36. The van der Waals surface area contributed by atoms with E-state index in [2.05, 4.69) is 20.3 Å². The molecule has 6 nitrogen and oxygen atoms in total. The van der Waals surface area contributed by atoms with Gasteiger partial charge >= 0.3 is 12.5 Å². The van der Waals surface area contributed by atoms with Crippen molar-refractivity contribution in [2.45, 2.75) is 31.3 Å². The van der Waals surface area contributed by atoms with E-state index in [9.17, 15) is 31.1 Å². The number of ether oxygens (including phenoxy) is 2. The highest BCUT2D eigenvalue weighted by Gasteiger charge is 2.38. The summed E-state index contributed by atoms with van der Waals surface area (Å²) in [5.74, 6) is -2.08. The molecule has 0 aliphatic heterocycles. The topological polar surface area (TPSA) is 73.3 Å². The number of nitrogens with zero attached hydrogens (tertiary/aromatic N) is 2. The minimum absolute atomic E-state index is 0.0635. The number of hydrogen-bond acceptors (Lipinski definition) is 6. The normalized spacial score (nSPS) is 11.8. The Balaban J connectivity index is 2.01. The average molecular weight is 517 g/mol. The fourth-order valence-corrected chi connectivity index (χ4v) is 3.50. The third kappa shape index (κ3) is 6.56. The molecule has 3 aromatic rings. The molecular formula is C22H17F6N3O3S. The van der Waals surface area contributed by atoms with Crippen LogP contribution in [0.25, 0.3) is 0 Å². The molecule has 0 saturated carbocycles. The second-order valence-corrected chi connectivity index (χ2v) is 7.99. The van der Waals surface area contributed by atoms with Gasteiger partial charge in [0.25, 0.3) is 11.8 Å². The van der Waals surface area contributed by atoms with Crippen molar-refractivity contribution < 1.29 is 40.6 Å². The van der Waals surface area contributed by atoms with Gasteiger partial charge in [0.2, 0.25) is 0 Å². The van der Waals surface area contributed by atoms with Crippen LogP contribution in [0.1, 0.15) is 27.2 Å². The van der Waals surface area contributed by atoms with Crippen molar-refractivity contribution in [1.29, 1.82) is 0 Å². The predicted molar refractivity (Wildman–Crippen MR) is 116 cm³/mol. The molecule has 1 N–H and O–H groups in total. The van der Waals surface area contributed by atoms with Gasteiger partial charge in [-0.3, -0.25) is 4.79 Å². The van der Waals surface area contributed by atoms with Crippen molar-refractivity contribution in [3.63, 3.8) is 0 Å². The highest BCUT2D eigenvalue weighted by atomic mass is 32.2. The van der Waals surface area contributed by atoms with Crippen LogP contribution in [0.2, 0.25) is 0 Å². The van der Waals surface area contributed by atoms with E-state index in [0.29, 0.717) is 5.69 Å². The molecule has 1 heterocycles. The molecule has 13 heteroatoms. The van der Waals surface area contributed by atoms with Crippen LogP contribution in [0.15, 0.2) is 47.4 Å². The Morgan fingerprint density at radius 3 is 2.31 bits per heavy atom. The summed E-state index contributed by atoms with van der Waals surface area (Å²) in [6.45, 7) is 2.43. The van der Waals surface area contributed by atoms with Crippen molar-refractivity contribution in [1.82, 2.24) is 10.2 Å². The quantitative estimate of drug-likeness (QED) is 0.287. The third-order valence-corrected chi connectivity index (χ3v) is 5.32. The first kappa shape index (κ1) is 26.1. The van der Waals surface area contributed by atoms with Crippen molar-refractivity contribution in [2.75, 3.05) is 11.6 Å². The number of anilines is 1. The lowest BCUT2D eigenvalue weighted by molar-refractivity contribution is -0.274. The number of carbonyl (C=O) groups excluding carboxylic acids is 1. The lowest BCUT2D eigenvalue weighted by Gasteiger charge is -2.17. The maximum atomic E-state index is 13.4. The number of hydrogen-bond donors (Lipinski definition) is 1. The summed E-state index contributed by atoms with van der Waals surface area (Å²) in [5.41, 5.74) is -1.97. The largest absolute Gasteiger partial charge is 0.573 e. The summed E-state index contributed by atoms with van der Waals surface area (Å²) < 4.78 is 87.1. The molecule has 2 aromatic carbocycles. The molecule has 35 heavy (non-hydrogen) atoms. The zero-order valence-corrected chi connectivity index (χ0v) is 19.2. The first-order chi connectivity index (χ1) is 16.3. The Bertz CT molecular complexity index is 1250. The number of aromatic nitrogens is 2. The van der Waals surface area contributed by atoms with E-state index in [0.717, 1.165) is 30.0 Å². The van der Waals surface area contributed by atoms with E-state index >= 15 is 0 Å². The summed E-state index contributed by atoms with van der Waals surface area (Å²) in [6.07, 6.45) is -7.99. The minimum Gasteiger partial charge on any atom is -0.437 e. The molecule has 0 atom stereocenters. The first-order valence-corrected chi connectivity index (χ1v) is 10.9. The van der Waals surface area contributed by atoms with Crippen molar-refractivity contribution in [2.24, 2.45) is 0 Å². The van der Waals surface area contributed by atoms with E-state index in [4.69, 9.17) is 4.74 Å². The molecule has 186 valence electrons. The fraction of sp³-hybridized carbons (Fsp3) is 0.227. The van der Waals surface area contributed by atoms with E-state index in [1.165, 1.54) is 18.7 Å². The lowest BCUT2D eigenvalue weighted by atomic mass is 10.1. The number of nitrogens with one attached hydrogen (secondary N) is 1. The number of amides is 1. The first-order valence-electron chi connectivity index (χ1n) is 9.72. The van der Waals surface area contributed by atoms with Gasteiger partial charge in [-0.15, -0.1) is 35.1 Å². The number of carbonyl (C=O) groups is 1. The molecule has 1 aromatic heterocycles. The number of thioether (sulfide) groups is 1. The Hall–Kier alpha value is -3.48. The molecule has 0 unspecified atom stereocenters. The van der Waals surface area contributed by atoms with Crippen LogP contribution in [-0.2, 0) is 6.18 Å². The standard InChI is InChI=1S/C22H17F6N3O3S/c1-11-9-14(34-22(26,27)28)7-8-16(11)33-20-17(12(2)18(30-31-20)21(23,24)25)19(32)29-13-5-4-6-15(10-13)35-3/h4-10H,1-3H3,(H,29,32). The molecule has 3 rings (SSSR count). The zero-order valence-electron chi connectivity index (χ0n) is 18.3. The third-order valence-electron chi connectivity index (χ3n) is 4.59. The molecule has 0 fully saturated rings. The molecule has 0 bridgehead atoms. The van der Waals surface area contributed by atoms with Gasteiger partial charge in [0.15, 0.2) is 5.69 Å². The monoisotopic (exact) mass is 517 g/mol. The molecule has 0 aliphatic rings. The van der Waals surface area contributed by atoms with Gasteiger partial charge in [-0.05, 0) is 67.6 Å². The van der Waals surface area contributed by atoms with Crippen LogP contribution < -0.4 is 14.8 Å². The van der Waals surface area contributed by atoms with E-state index in [1.807, 2.05) is 6.26 Å². The van der Waals surface area contributed by atoms with Crippen LogP contribution in [0.4, 0.5) is 32.0 Å². The Labute approximate surface area is 199 Å². The van der Waals surface area contributed by atoms with Gasteiger partial charge in [0.05, 0.1) is 0 Å². The molecule has 0 radical (unpaired) electrons. The van der Waals surface area contributed by atoms with E-state index in [1.54, 1.807) is 24.3 Å². The SMILES string of the molecule is CSc1cccc(NC(=O)c2c(Oc3ccc(OC(F)(F)F)cc3C)nnc(C(F)(F)F)c2C)c1. The van der Waals surface area contributed by atoms with Gasteiger partial charge in [0.1, 0.15) is 17.1 Å². The number of benzene rings is 2. The lowest BCUT2D eigenvalue weighted by Crippen LogP contribution is -2.21. The smallest absolute Gasteiger partial charge is 0.437 e. The minimum atomic E-state index is -4.91. The van der Waals surface area contributed by atoms with Crippen LogP contribution in [0.5, 0.6) is 17.4 Å². The second-order valence-electron chi connectivity index (χ2n) is 7.11. The molecular weight excluding hydrogens is 500 g/mol. The van der Waals surface area contributed by atoms with Gasteiger partial charge in [-0.2, -0.15) is 13.2 Å². The van der Waals surface area contributed by atoms with Gasteiger partial charge in [-0.25, -0.2) is 0 Å². The molecule has 0 saturated heterocycles. The maximum absolute atomic E-state index is 13.4. The number of rotatable bonds is 6. The summed E-state index contributed by atoms with van der Waals surface area (Å²) in [6, 6.07) is 9.69. The van der Waals surface area contributed by atoms with Gasteiger partial charge in [0, 0.05) is 10.6 Å². The van der Waals surface area contributed by atoms with Crippen molar-refractivity contribution >= 4 is 23.4 Å². The van der Waals surface area contributed by atoms with Gasteiger partial charge < -0.3 is 14.8 Å². The van der Waals surface area contributed by atoms with E-state index < -0.39 is 46.9 Å². The van der Waals surface area contributed by atoms with Crippen molar-refractivity contribution in [3.05, 3.63) is 64.8 Å². The van der Waals surface area contributed by atoms with Crippen LogP contribution in [-0.4, -0.2) is 28.7 Å². The Kier molecular flexibility index (Phi) is 7.48. The number of aryl methyl sites for hydroxylation is 1. The summed E-state index contributed by atoms with van der Waals surface area (Å²) >= 11 is 1.40. The molecule has 0 aliphatic carbocycles. The van der Waals surface area contributed by atoms with Crippen LogP contribution in [0, 0.1) is 13.8 Å². The maximum Gasteiger partial charge on any atom is 0.573 e. The van der Waals surface area contributed by atoms with Crippen molar-refractivity contribution in [3.8, 4) is 17.4 Å². The summed E-state index contributed by atoms with van der Waals surface area (Å²) in [7, 11) is 0. The van der Waals surface area contributed by atoms with Crippen LogP contribution >= 0.6 is 11.8 Å².